The van der Waals surface area contributed by atoms with E-state index >= 15 is 0 Å². The van der Waals surface area contributed by atoms with Crippen molar-refractivity contribution in [1.82, 2.24) is 14.9 Å². The normalized spacial score (nSPS) is 10.5. The standard InChI is InChI=1S/C25H21FN4O/c1-30(17-18-5-3-2-4-6-18)25(31)20-9-13-22(14-10-20)28-23-15-16-27-24(29-23)19-7-11-21(26)12-8-19/h2-16H,17H2,1H3,(H,27,28,29). The molecule has 1 N–H and O–H groups in total. The minimum atomic E-state index is -0.304. The van der Waals surface area contributed by atoms with Gasteiger partial charge in [-0.2, -0.15) is 0 Å². The summed E-state index contributed by atoms with van der Waals surface area (Å²) in [5.41, 5.74) is 3.22. The third-order valence-corrected chi connectivity index (χ3v) is 4.77. The Morgan fingerprint density at radius 3 is 2.35 bits per heavy atom. The van der Waals surface area contributed by atoms with Crippen LogP contribution in [0.1, 0.15) is 15.9 Å². The zero-order valence-electron chi connectivity index (χ0n) is 17.0. The number of hydrogen-bond donors (Lipinski definition) is 1. The number of halogens is 1. The van der Waals surface area contributed by atoms with Crippen LogP contribution in [0.3, 0.4) is 0 Å². The van der Waals surface area contributed by atoms with E-state index in [0.29, 0.717) is 23.8 Å². The monoisotopic (exact) mass is 412 g/mol. The summed E-state index contributed by atoms with van der Waals surface area (Å²) in [4.78, 5) is 23.1. The van der Waals surface area contributed by atoms with Crippen LogP contribution in [0.15, 0.2) is 91.1 Å². The molecule has 5 nitrogen and oxygen atoms in total. The number of benzene rings is 3. The number of hydrogen-bond acceptors (Lipinski definition) is 4. The maximum absolute atomic E-state index is 13.1. The van der Waals surface area contributed by atoms with E-state index in [4.69, 9.17) is 0 Å². The van der Waals surface area contributed by atoms with Crippen LogP contribution in [0.5, 0.6) is 0 Å². The fraction of sp³-hybridized carbons (Fsp3) is 0.0800. The lowest BCUT2D eigenvalue weighted by molar-refractivity contribution is 0.0785. The molecule has 1 heterocycles. The Labute approximate surface area is 180 Å². The molecule has 31 heavy (non-hydrogen) atoms. The van der Waals surface area contributed by atoms with Gasteiger partial charge in [0.25, 0.3) is 5.91 Å². The van der Waals surface area contributed by atoms with Crippen molar-refractivity contribution in [2.45, 2.75) is 6.54 Å². The first-order valence-corrected chi connectivity index (χ1v) is 9.84. The summed E-state index contributed by atoms with van der Waals surface area (Å²) in [6, 6.07) is 24.9. The summed E-state index contributed by atoms with van der Waals surface area (Å²) in [7, 11) is 1.79. The molecule has 4 rings (SSSR count). The molecule has 1 amide bonds. The molecule has 0 fully saturated rings. The van der Waals surface area contributed by atoms with Gasteiger partial charge in [-0.25, -0.2) is 14.4 Å². The summed E-state index contributed by atoms with van der Waals surface area (Å²) in [6.07, 6.45) is 1.64. The van der Waals surface area contributed by atoms with Crippen molar-refractivity contribution in [2.75, 3.05) is 12.4 Å². The third-order valence-electron chi connectivity index (χ3n) is 4.77. The van der Waals surface area contributed by atoms with Crippen LogP contribution in [0.4, 0.5) is 15.9 Å². The molecule has 0 saturated carbocycles. The van der Waals surface area contributed by atoms with E-state index in [9.17, 15) is 9.18 Å². The Balaban J connectivity index is 1.43. The predicted octanol–water partition coefficient (Wildman–Crippen LogP) is 5.30. The maximum Gasteiger partial charge on any atom is 0.253 e. The lowest BCUT2D eigenvalue weighted by Crippen LogP contribution is -2.26. The van der Waals surface area contributed by atoms with Gasteiger partial charge in [0.15, 0.2) is 5.82 Å². The van der Waals surface area contributed by atoms with Gasteiger partial charge in [-0.3, -0.25) is 4.79 Å². The molecule has 3 aromatic carbocycles. The van der Waals surface area contributed by atoms with E-state index < -0.39 is 0 Å². The van der Waals surface area contributed by atoms with Crippen molar-refractivity contribution < 1.29 is 9.18 Å². The molecule has 0 aliphatic rings. The molecular formula is C25H21FN4O. The molecule has 0 saturated heterocycles. The molecule has 1 aromatic heterocycles. The second-order valence-corrected chi connectivity index (χ2v) is 7.12. The van der Waals surface area contributed by atoms with E-state index in [1.54, 1.807) is 48.5 Å². The molecule has 0 spiro atoms. The lowest BCUT2D eigenvalue weighted by atomic mass is 10.1. The highest BCUT2D eigenvalue weighted by molar-refractivity contribution is 5.94. The number of rotatable bonds is 6. The lowest BCUT2D eigenvalue weighted by Gasteiger charge is -2.17. The first-order chi connectivity index (χ1) is 15.1. The largest absolute Gasteiger partial charge is 0.340 e. The zero-order valence-corrected chi connectivity index (χ0v) is 17.0. The van der Waals surface area contributed by atoms with Crippen LogP contribution in [0.2, 0.25) is 0 Å². The average Bonchev–Trinajstić information content (AvgIpc) is 2.80. The van der Waals surface area contributed by atoms with Crippen molar-refractivity contribution in [2.24, 2.45) is 0 Å². The van der Waals surface area contributed by atoms with Crippen molar-refractivity contribution in [3.63, 3.8) is 0 Å². The molecule has 0 radical (unpaired) electrons. The SMILES string of the molecule is CN(Cc1ccccc1)C(=O)c1ccc(Nc2ccnc(-c3ccc(F)cc3)n2)cc1. The number of amides is 1. The van der Waals surface area contributed by atoms with E-state index in [1.165, 1.54) is 12.1 Å². The maximum atomic E-state index is 13.1. The van der Waals surface area contributed by atoms with Crippen LogP contribution in [0, 0.1) is 5.82 Å². The van der Waals surface area contributed by atoms with E-state index in [1.807, 2.05) is 42.5 Å². The number of carbonyl (C=O) groups is 1. The van der Waals surface area contributed by atoms with Gasteiger partial charge >= 0.3 is 0 Å². The highest BCUT2D eigenvalue weighted by Gasteiger charge is 2.12. The van der Waals surface area contributed by atoms with Gasteiger partial charge in [0.2, 0.25) is 0 Å². The van der Waals surface area contributed by atoms with Gasteiger partial charge in [0.05, 0.1) is 0 Å². The third kappa shape index (κ3) is 5.11. The van der Waals surface area contributed by atoms with Crippen molar-refractivity contribution in [3.8, 4) is 11.4 Å². The van der Waals surface area contributed by atoms with E-state index in [2.05, 4.69) is 15.3 Å². The highest BCUT2D eigenvalue weighted by atomic mass is 19.1. The summed E-state index contributed by atoms with van der Waals surface area (Å²) in [6.45, 7) is 0.548. The number of anilines is 2. The Morgan fingerprint density at radius 2 is 1.65 bits per heavy atom. The summed E-state index contributed by atoms with van der Waals surface area (Å²) in [5, 5.41) is 3.21. The first-order valence-electron chi connectivity index (χ1n) is 9.84. The zero-order chi connectivity index (χ0) is 21.6. The fourth-order valence-electron chi connectivity index (χ4n) is 3.16. The molecular weight excluding hydrogens is 391 g/mol. The van der Waals surface area contributed by atoms with Crippen LogP contribution in [0.25, 0.3) is 11.4 Å². The van der Waals surface area contributed by atoms with Crippen LogP contribution in [-0.2, 0) is 6.54 Å². The second-order valence-electron chi connectivity index (χ2n) is 7.12. The van der Waals surface area contributed by atoms with E-state index in [-0.39, 0.29) is 11.7 Å². The molecule has 0 atom stereocenters. The van der Waals surface area contributed by atoms with Gasteiger partial charge in [0, 0.05) is 36.6 Å². The molecule has 4 aromatic rings. The van der Waals surface area contributed by atoms with Crippen LogP contribution < -0.4 is 5.32 Å². The Morgan fingerprint density at radius 1 is 0.935 bits per heavy atom. The molecule has 0 unspecified atom stereocenters. The topological polar surface area (TPSA) is 58.1 Å². The minimum absolute atomic E-state index is 0.0453. The van der Waals surface area contributed by atoms with Gasteiger partial charge < -0.3 is 10.2 Å². The Hall–Kier alpha value is -4.06. The number of nitrogens with one attached hydrogen (secondary N) is 1. The van der Waals surface area contributed by atoms with E-state index in [0.717, 1.165) is 16.8 Å². The van der Waals surface area contributed by atoms with Gasteiger partial charge in [-0.1, -0.05) is 30.3 Å². The summed E-state index contributed by atoms with van der Waals surface area (Å²) < 4.78 is 13.1. The number of carbonyl (C=O) groups excluding carboxylic acids is 1. The summed E-state index contributed by atoms with van der Waals surface area (Å²) >= 11 is 0. The van der Waals surface area contributed by atoms with Gasteiger partial charge in [0.1, 0.15) is 11.6 Å². The second kappa shape index (κ2) is 9.17. The predicted molar refractivity (Wildman–Crippen MR) is 119 cm³/mol. The van der Waals surface area contributed by atoms with Crippen molar-refractivity contribution in [1.29, 1.82) is 0 Å². The number of aromatic nitrogens is 2. The Bertz CT molecular complexity index is 1160. The molecule has 0 aliphatic carbocycles. The average molecular weight is 412 g/mol. The molecule has 154 valence electrons. The van der Waals surface area contributed by atoms with Gasteiger partial charge in [-0.15, -0.1) is 0 Å². The van der Waals surface area contributed by atoms with Crippen molar-refractivity contribution in [3.05, 3.63) is 108 Å². The Kier molecular flexibility index (Phi) is 5.98. The highest BCUT2D eigenvalue weighted by Crippen LogP contribution is 2.20. The number of nitrogens with zero attached hydrogens (tertiary/aromatic N) is 3. The first kappa shape index (κ1) is 20.2. The quantitative estimate of drug-likeness (QED) is 0.467. The molecule has 0 aliphatic heterocycles. The fourth-order valence-corrected chi connectivity index (χ4v) is 3.16. The van der Waals surface area contributed by atoms with Crippen molar-refractivity contribution >= 4 is 17.4 Å². The minimum Gasteiger partial charge on any atom is -0.340 e. The smallest absolute Gasteiger partial charge is 0.253 e. The summed E-state index contributed by atoms with van der Waals surface area (Å²) in [5.74, 6) is 0.757. The van der Waals surface area contributed by atoms with Crippen LogP contribution >= 0.6 is 0 Å². The van der Waals surface area contributed by atoms with Gasteiger partial charge in [-0.05, 0) is 60.2 Å². The van der Waals surface area contributed by atoms with Crippen LogP contribution in [-0.4, -0.2) is 27.8 Å². The molecule has 0 bridgehead atoms. The molecule has 6 heteroatoms.